The molecule has 14 heteroatoms. The number of hydrogen-bond donors (Lipinski definition) is 0. The lowest BCUT2D eigenvalue weighted by Crippen LogP contribution is -2.47. The van der Waals surface area contributed by atoms with Crippen LogP contribution in [0.15, 0.2) is 41.7 Å². The molecular weight excluding hydrogens is 488 g/mol. The summed E-state index contributed by atoms with van der Waals surface area (Å²) in [7, 11) is -2.75. The second kappa shape index (κ2) is 11.9. The third-order valence-corrected chi connectivity index (χ3v) is 7.28. The predicted octanol–water partition coefficient (Wildman–Crippen LogP) is 1.32. The van der Waals surface area contributed by atoms with Gasteiger partial charge in [0.25, 0.3) is 0 Å². The van der Waals surface area contributed by atoms with Crippen molar-refractivity contribution >= 4 is 27.3 Å². The van der Waals surface area contributed by atoms with Crippen LogP contribution in [0.2, 0.25) is 0 Å². The number of thiophene rings is 1. The molecule has 1 atom stereocenters. The molecule has 1 fully saturated rings. The Morgan fingerprint density at radius 1 is 1.18 bits per heavy atom. The molecule has 184 valence electrons. The van der Waals surface area contributed by atoms with E-state index in [2.05, 4.69) is 32.8 Å². The number of ether oxygens (including phenoxy) is 5. The lowest BCUT2D eigenvalue weighted by Gasteiger charge is -2.31. The Morgan fingerprint density at radius 3 is 2.38 bits per heavy atom. The number of methoxy groups -OCH3 is 1. The molecule has 2 aromatic rings. The fourth-order valence-corrected chi connectivity index (χ4v) is 5.60. The summed E-state index contributed by atoms with van der Waals surface area (Å²) >= 11 is 1.00. The van der Waals surface area contributed by atoms with Gasteiger partial charge in [-0.15, -0.1) is 26.3 Å². The summed E-state index contributed by atoms with van der Waals surface area (Å²) in [5.41, 5.74) is 0. The van der Waals surface area contributed by atoms with Crippen LogP contribution < -0.4 is 14.2 Å². The molecule has 0 aliphatic carbocycles. The zero-order valence-corrected chi connectivity index (χ0v) is 20.0. The third kappa shape index (κ3) is 6.28. The van der Waals surface area contributed by atoms with Gasteiger partial charge < -0.3 is 23.7 Å². The summed E-state index contributed by atoms with van der Waals surface area (Å²) in [4.78, 5) is 24.0. The van der Waals surface area contributed by atoms with Crippen LogP contribution in [0.4, 0.5) is 0 Å². The van der Waals surface area contributed by atoms with Crippen molar-refractivity contribution in [3.8, 4) is 18.0 Å². The van der Waals surface area contributed by atoms with Crippen LogP contribution >= 0.6 is 11.3 Å². The van der Waals surface area contributed by atoms with Gasteiger partial charge in [0.2, 0.25) is 10.0 Å². The van der Waals surface area contributed by atoms with Gasteiger partial charge in [-0.05, 0) is 11.4 Å². The number of carbonyl (C=O) groups excluding carboxylic acids is 1. The fourth-order valence-electron chi connectivity index (χ4n) is 2.84. The van der Waals surface area contributed by atoms with E-state index in [1.807, 2.05) is 0 Å². The van der Waals surface area contributed by atoms with E-state index in [0.717, 1.165) is 11.3 Å². The Balaban J connectivity index is 1.69. The molecule has 1 aliphatic heterocycles. The van der Waals surface area contributed by atoms with Gasteiger partial charge in [-0.1, -0.05) is 25.3 Å². The molecule has 0 radical (unpaired) electrons. The van der Waals surface area contributed by atoms with Crippen molar-refractivity contribution in [2.75, 3.05) is 46.6 Å². The highest BCUT2D eigenvalue weighted by atomic mass is 32.2. The summed E-state index contributed by atoms with van der Waals surface area (Å²) in [6.45, 7) is 7.68. The minimum absolute atomic E-state index is 0.00349. The average Bonchev–Trinajstić information content (AvgIpc) is 3.36. The number of nitrogens with zero attached hydrogens (tertiary/aromatic N) is 4. The summed E-state index contributed by atoms with van der Waals surface area (Å²) in [6, 6.07) is 1.26. The van der Waals surface area contributed by atoms with Gasteiger partial charge in [-0.3, -0.25) is 0 Å². The van der Waals surface area contributed by atoms with Gasteiger partial charge in [0.15, 0.2) is 0 Å². The van der Waals surface area contributed by atoms with Crippen molar-refractivity contribution in [1.29, 1.82) is 0 Å². The summed E-state index contributed by atoms with van der Waals surface area (Å²) < 4.78 is 54.2. The van der Waals surface area contributed by atoms with Gasteiger partial charge >= 0.3 is 24.0 Å². The van der Waals surface area contributed by atoms with Crippen LogP contribution in [0.3, 0.4) is 0 Å². The monoisotopic (exact) mass is 512 g/mol. The van der Waals surface area contributed by atoms with Crippen molar-refractivity contribution in [1.82, 2.24) is 19.3 Å². The maximum atomic E-state index is 13.1. The van der Waals surface area contributed by atoms with Crippen molar-refractivity contribution in [3.63, 3.8) is 0 Å². The normalized spacial score (nSPS) is 16.4. The molecule has 3 rings (SSSR count). The number of sulfonamides is 1. The molecule has 1 unspecified atom stereocenters. The van der Waals surface area contributed by atoms with Crippen LogP contribution in [0.5, 0.6) is 18.0 Å². The first-order valence-electron chi connectivity index (χ1n) is 10.0. The molecule has 0 spiro atoms. The Hall–Kier alpha value is -3.07. The molecule has 12 nitrogen and oxygen atoms in total. The molecule has 0 amide bonds. The van der Waals surface area contributed by atoms with Crippen molar-refractivity contribution in [2.45, 2.75) is 11.0 Å². The Labute approximate surface area is 200 Å². The van der Waals surface area contributed by atoms with E-state index in [1.165, 1.54) is 35.0 Å². The first-order chi connectivity index (χ1) is 16.4. The largest absolute Gasteiger partial charge is 0.465 e. The predicted molar refractivity (Wildman–Crippen MR) is 121 cm³/mol. The molecule has 34 heavy (non-hydrogen) atoms. The van der Waals surface area contributed by atoms with E-state index in [4.69, 9.17) is 18.9 Å². The highest BCUT2D eigenvalue weighted by Gasteiger charge is 2.34. The van der Waals surface area contributed by atoms with Crippen LogP contribution in [-0.2, 0) is 19.5 Å². The lowest BCUT2D eigenvalue weighted by atomic mass is 10.3. The zero-order chi connectivity index (χ0) is 24.6. The zero-order valence-electron chi connectivity index (χ0n) is 18.4. The van der Waals surface area contributed by atoms with Gasteiger partial charge in [-0.25, -0.2) is 13.2 Å². The SMILES string of the molecule is C=CCOc1nc(OCC=C)nc(OCC2CN(S(=O)(=O)c3ccsc3C(=O)OC)CCO2)n1. The second-order valence-corrected chi connectivity index (χ2v) is 9.48. The number of hydrogen-bond acceptors (Lipinski definition) is 12. The highest BCUT2D eigenvalue weighted by Crippen LogP contribution is 2.27. The standard InChI is InChI=1S/C20H24N4O8S2/c1-4-8-30-18-21-19(31-9-5-2)23-20(22-18)32-13-14-12-24(7-10-29-14)34(26,27)15-6-11-33-16(15)17(25)28-3/h4-6,11,14H,1-2,7-10,12-13H2,3H3. The van der Waals surface area contributed by atoms with E-state index < -0.39 is 22.1 Å². The average molecular weight is 513 g/mol. The minimum atomic E-state index is -3.95. The molecule has 0 N–H and O–H groups in total. The summed E-state index contributed by atoms with van der Waals surface area (Å²) in [5, 5.41) is 1.53. The fraction of sp³-hybridized carbons (Fsp3) is 0.400. The molecule has 0 bridgehead atoms. The van der Waals surface area contributed by atoms with Gasteiger partial charge in [-0.2, -0.15) is 4.31 Å². The van der Waals surface area contributed by atoms with Crippen LogP contribution in [0, 0.1) is 0 Å². The van der Waals surface area contributed by atoms with E-state index >= 15 is 0 Å². The molecule has 2 aromatic heterocycles. The topological polar surface area (TPSA) is 139 Å². The van der Waals surface area contributed by atoms with E-state index in [0.29, 0.717) is 0 Å². The first-order valence-corrected chi connectivity index (χ1v) is 12.3. The Kier molecular flexibility index (Phi) is 8.92. The molecular formula is C20H24N4O8S2. The quantitative estimate of drug-likeness (QED) is 0.300. The summed E-state index contributed by atoms with van der Waals surface area (Å²) in [6.07, 6.45) is 2.44. The maximum Gasteiger partial charge on any atom is 0.349 e. The van der Waals surface area contributed by atoms with Crippen LogP contribution in [0.25, 0.3) is 0 Å². The molecule has 0 saturated carbocycles. The van der Waals surface area contributed by atoms with Crippen molar-refractivity contribution in [3.05, 3.63) is 41.6 Å². The summed E-state index contributed by atoms with van der Waals surface area (Å²) in [5.74, 6) is -0.708. The van der Waals surface area contributed by atoms with Crippen LogP contribution in [-0.4, -0.2) is 86.4 Å². The Bertz CT molecular complexity index is 1090. The van der Waals surface area contributed by atoms with Crippen molar-refractivity contribution < 1.29 is 36.9 Å². The number of carbonyl (C=O) groups is 1. The second-order valence-electron chi connectivity index (χ2n) is 6.65. The molecule has 1 saturated heterocycles. The number of aromatic nitrogens is 3. The smallest absolute Gasteiger partial charge is 0.349 e. The highest BCUT2D eigenvalue weighted by molar-refractivity contribution is 7.89. The van der Waals surface area contributed by atoms with Crippen molar-refractivity contribution in [2.24, 2.45) is 0 Å². The lowest BCUT2D eigenvalue weighted by molar-refractivity contribution is -0.0268. The van der Waals surface area contributed by atoms with Gasteiger partial charge in [0.1, 0.15) is 35.7 Å². The van der Waals surface area contributed by atoms with Gasteiger partial charge in [0.05, 0.1) is 13.7 Å². The van der Waals surface area contributed by atoms with Gasteiger partial charge in [0, 0.05) is 13.1 Å². The maximum absolute atomic E-state index is 13.1. The number of esters is 1. The van der Waals surface area contributed by atoms with E-state index in [-0.39, 0.29) is 67.3 Å². The van der Waals surface area contributed by atoms with Crippen LogP contribution in [0.1, 0.15) is 9.67 Å². The number of rotatable bonds is 12. The Morgan fingerprint density at radius 2 is 1.79 bits per heavy atom. The number of morpholine rings is 1. The van der Waals surface area contributed by atoms with E-state index in [1.54, 1.807) is 0 Å². The molecule has 1 aliphatic rings. The minimum Gasteiger partial charge on any atom is -0.465 e. The molecule has 0 aromatic carbocycles. The third-order valence-electron chi connectivity index (χ3n) is 4.35. The first kappa shape index (κ1) is 25.6. The molecule has 3 heterocycles. The van der Waals surface area contributed by atoms with E-state index in [9.17, 15) is 13.2 Å².